The minimum absolute atomic E-state index is 0.721. The number of rotatable bonds is 7. The average molecular weight is 259 g/mol. The molecular formula is C18H29N. The number of unbranched alkanes of at least 4 members (excludes halogenated alkanes) is 1. The summed E-state index contributed by atoms with van der Waals surface area (Å²) in [5.41, 5.74) is 1.54. The van der Waals surface area contributed by atoms with Gasteiger partial charge in [0.15, 0.2) is 0 Å². The van der Waals surface area contributed by atoms with Crippen LogP contribution in [-0.4, -0.2) is 13.1 Å². The standard InChI is InChI=1S/C18H29N/c1-2-3-14-19-15-18(16-10-6-4-7-11-16)17-12-8-5-9-13-17/h4,6-7,10-11,17-19H,2-3,5,8-9,12-15H2,1H3/t18-/m0/s1. The van der Waals surface area contributed by atoms with Gasteiger partial charge in [0, 0.05) is 6.54 Å². The highest BCUT2D eigenvalue weighted by molar-refractivity contribution is 5.21. The van der Waals surface area contributed by atoms with E-state index in [0.29, 0.717) is 0 Å². The zero-order valence-corrected chi connectivity index (χ0v) is 12.4. The zero-order valence-electron chi connectivity index (χ0n) is 12.4. The van der Waals surface area contributed by atoms with Gasteiger partial charge in [-0.25, -0.2) is 0 Å². The van der Waals surface area contributed by atoms with Gasteiger partial charge in [0.25, 0.3) is 0 Å². The maximum atomic E-state index is 3.68. The summed E-state index contributed by atoms with van der Waals surface area (Å²) in [7, 11) is 0. The van der Waals surface area contributed by atoms with Crippen molar-refractivity contribution in [2.75, 3.05) is 13.1 Å². The van der Waals surface area contributed by atoms with Gasteiger partial charge in [0.1, 0.15) is 0 Å². The number of benzene rings is 1. The molecule has 1 aliphatic carbocycles. The first-order valence-corrected chi connectivity index (χ1v) is 8.17. The smallest absolute Gasteiger partial charge is 0.00228 e. The maximum absolute atomic E-state index is 3.68. The minimum atomic E-state index is 0.721. The average Bonchev–Trinajstić information content (AvgIpc) is 2.49. The van der Waals surface area contributed by atoms with E-state index in [2.05, 4.69) is 42.6 Å². The second kappa shape index (κ2) is 8.37. The molecule has 0 unspecified atom stereocenters. The molecule has 1 aromatic carbocycles. The summed E-state index contributed by atoms with van der Waals surface area (Å²) in [4.78, 5) is 0. The SMILES string of the molecule is CCCCNC[C@@H](c1ccccc1)C1CCCCC1. The third-order valence-corrected chi connectivity index (χ3v) is 4.52. The molecule has 1 saturated carbocycles. The summed E-state index contributed by atoms with van der Waals surface area (Å²) in [6.45, 7) is 4.60. The molecule has 1 atom stereocenters. The minimum Gasteiger partial charge on any atom is -0.316 e. The van der Waals surface area contributed by atoms with Crippen LogP contribution in [0, 0.1) is 5.92 Å². The summed E-state index contributed by atoms with van der Waals surface area (Å²) in [6, 6.07) is 11.2. The van der Waals surface area contributed by atoms with Crippen molar-refractivity contribution in [1.82, 2.24) is 5.32 Å². The molecule has 0 heterocycles. The topological polar surface area (TPSA) is 12.0 Å². The van der Waals surface area contributed by atoms with Crippen molar-refractivity contribution in [1.29, 1.82) is 0 Å². The Morgan fingerprint density at radius 3 is 2.53 bits per heavy atom. The molecule has 1 fully saturated rings. The lowest BCUT2D eigenvalue weighted by Crippen LogP contribution is -2.28. The van der Waals surface area contributed by atoms with E-state index in [1.165, 1.54) is 51.5 Å². The molecule has 1 aliphatic rings. The molecule has 2 rings (SSSR count). The molecule has 0 saturated heterocycles. The Morgan fingerprint density at radius 1 is 1.11 bits per heavy atom. The van der Waals surface area contributed by atoms with E-state index in [1.807, 2.05) is 0 Å². The van der Waals surface area contributed by atoms with Gasteiger partial charge in [0.2, 0.25) is 0 Å². The first-order valence-electron chi connectivity index (χ1n) is 8.17. The molecule has 0 amide bonds. The molecular weight excluding hydrogens is 230 g/mol. The van der Waals surface area contributed by atoms with E-state index >= 15 is 0 Å². The summed E-state index contributed by atoms with van der Waals surface area (Å²) in [6.07, 6.45) is 9.75. The Morgan fingerprint density at radius 2 is 1.84 bits per heavy atom. The van der Waals surface area contributed by atoms with E-state index < -0.39 is 0 Å². The van der Waals surface area contributed by atoms with Crippen LogP contribution >= 0.6 is 0 Å². The van der Waals surface area contributed by atoms with Crippen LogP contribution in [-0.2, 0) is 0 Å². The van der Waals surface area contributed by atoms with Crippen LogP contribution in [0.4, 0.5) is 0 Å². The lowest BCUT2D eigenvalue weighted by Gasteiger charge is -2.31. The molecule has 0 spiro atoms. The highest BCUT2D eigenvalue weighted by Gasteiger charge is 2.24. The van der Waals surface area contributed by atoms with Crippen LogP contribution in [0.1, 0.15) is 63.4 Å². The van der Waals surface area contributed by atoms with Crippen molar-refractivity contribution in [3.63, 3.8) is 0 Å². The van der Waals surface area contributed by atoms with Gasteiger partial charge in [-0.05, 0) is 43.2 Å². The molecule has 1 aromatic rings. The molecule has 0 aromatic heterocycles. The summed E-state index contributed by atoms with van der Waals surface area (Å²) in [5.74, 6) is 1.61. The Bertz CT molecular complexity index is 327. The van der Waals surface area contributed by atoms with Crippen LogP contribution < -0.4 is 5.32 Å². The zero-order chi connectivity index (χ0) is 13.3. The lowest BCUT2D eigenvalue weighted by molar-refractivity contribution is 0.297. The summed E-state index contributed by atoms with van der Waals surface area (Å²) in [5, 5.41) is 3.68. The van der Waals surface area contributed by atoms with Gasteiger partial charge >= 0.3 is 0 Å². The van der Waals surface area contributed by atoms with Gasteiger partial charge in [-0.1, -0.05) is 62.9 Å². The second-order valence-electron chi connectivity index (χ2n) is 5.97. The predicted molar refractivity (Wildman–Crippen MR) is 83.5 cm³/mol. The lowest BCUT2D eigenvalue weighted by atomic mass is 9.77. The first kappa shape index (κ1) is 14.6. The molecule has 0 aliphatic heterocycles. The number of hydrogen-bond donors (Lipinski definition) is 1. The Labute approximate surface area is 118 Å². The highest BCUT2D eigenvalue weighted by Crippen LogP contribution is 2.35. The van der Waals surface area contributed by atoms with Crippen molar-refractivity contribution in [3.8, 4) is 0 Å². The van der Waals surface area contributed by atoms with Crippen molar-refractivity contribution >= 4 is 0 Å². The summed E-state index contributed by atoms with van der Waals surface area (Å²) < 4.78 is 0. The Hall–Kier alpha value is -0.820. The van der Waals surface area contributed by atoms with E-state index in [-0.39, 0.29) is 0 Å². The van der Waals surface area contributed by atoms with Crippen molar-refractivity contribution in [2.45, 2.75) is 57.8 Å². The third kappa shape index (κ3) is 4.65. The van der Waals surface area contributed by atoms with E-state index in [1.54, 1.807) is 5.56 Å². The van der Waals surface area contributed by atoms with Crippen molar-refractivity contribution in [3.05, 3.63) is 35.9 Å². The highest BCUT2D eigenvalue weighted by atomic mass is 14.9. The molecule has 1 nitrogen and oxygen atoms in total. The number of hydrogen-bond acceptors (Lipinski definition) is 1. The summed E-state index contributed by atoms with van der Waals surface area (Å²) >= 11 is 0. The molecule has 1 heteroatoms. The van der Waals surface area contributed by atoms with Gasteiger partial charge < -0.3 is 5.32 Å². The fraction of sp³-hybridized carbons (Fsp3) is 0.667. The Kier molecular flexibility index (Phi) is 6.43. The number of nitrogens with one attached hydrogen (secondary N) is 1. The quantitative estimate of drug-likeness (QED) is 0.697. The van der Waals surface area contributed by atoms with Crippen LogP contribution in [0.2, 0.25) is 0 Å². The molecule has 106 valence electrons. The third-order valence-electron chi connectivity index (χ3n) is 4.52. The van der Waals surface area contributed by atoms with Gasteiger partial charge in [-0.3, -0.25) is 0 Å². The molecule has 19 heavy (non-hydrogen) atoms. The van der Waals surface area contributed by atoms with E-state index in [9.17, 15) is 0 Å². The Balaban J connectivity index is 1.96. The fourth-order valence-corrected chi connectivity index (χ4v) is 3.35. The predicted octanol–water partition coefficient (Wildman–Crippen LogP) is 4.74. The molecule has 1 N–H and O–H groups in total. The van der Waals surface area contributed by atoms with E-state index in [0.717, 1.165) is 18.4 Å². The first-order chi connectivity index (χ1) is 9.42. The fourth-order valence-electron chi connectivity index (χ4n) is 3.35. The van der Waals surface area contributed by atoms with Crippen LogP contribution in [0.25, 0.3) is 0 Å². The van der Waals surface area contributed by atoms with Crippen molar-refractivity contribution < 1.29 is 0 Å². The largest absolute Gasteiger partial charge is 0.316 e. The second-order valence-corrected chi connectivity index (χ2v) is 5.97. The van der Waals surface area contributed by atoms with Gasteiger partial charge in [-0.2, -0.15) is 0 Å². The van der Waals surface area contributed by atoms with Crippen LogP contribution in [0.5, 0.6) is 0 Å². The van der Waals surface area contributed by atoms with Gasteiger partial charge in [0.05, 0.1) is 0 Å². The maximum Gasteiger partial charge on any atom is 0.00228 e. The van der Waals surface area contributed by atoms with Gasteiger partial charge in [-0.15, -0.1) is 0 Å². The van der Waals surface area contributed by atoms with Crippen LogP contribution in [0.15, 0.2) is 30.3 Å². The normalized spacial score (nSPS) is 18.4. The van der Waals surface area contributed by atoms with Crippen molar-refractivity contribution in [2.24, 2.45) is 5.92 Å². The van der Waals surface area contributed by atoms with E-state index in [4.69, 9.17) is 0 Å². The molecule has 0 bridgehead atoms. The molecule has 0 radical (unpaired) electrons. The van der Waals surface area contributed by atoms with Crippen LogP contribution in [0.3, 0.4) is 0 Å². The monoisotopic (exact) mass is 259 g/mol.